The fourth-order valence-corrected chi connectivity index (χ4v) is 3.74. The molecule has 0 amide bonds. The van der Waals surface area contributed by atoms with Crippen LogP contribution in [-0.4, -0.2) is 26.4 Å². The number of nitrogens with zero attached hydrogens (tertiary/aromatic N) is 3. The molecule has 1 saturated carbocycles. The summed E-state index contributed by atoms with van der Waals surface area (Å²) in [6.45, 7) is 0.929. The maximum absolute atomic E-state index is 10.6. The van der Waals surface area contributed by atoms with E-state index >= 15 is 0 Å². The Morgan fingerprint density at radius 2 is 2.14 bits per heavy atom. The van der Waals surface area contributed by atoms with Gasteiger partial charge in [-0.1, -0.05) is 19.3 Å². The Kier molecular flexibility index (Phi) is 3.58. The number of hydrogen-bond acceptors (Lipinski definition) is 4. The van der Waals surface area contributed by atoms with Crippen molar-refractivity contribution in [2.24, 2.45) is 5.92 Å². The van der Waals surface area contributed by atoms with Crippen molar-refractivity contribution in [3.8, 4) is 5.69 Å². The molecule has 22 heavy (non-hydrogen) atoms. The maximum Gasteiger partial charge on any atom is 0.131 e. The minimum atomic E-state index is -0.387. The zero-order valence-corrected chi connectivity index (χ0v) is 12.7. The van der Waals surface area contributed by atoms with Gasteiger partial charge in [-0.2, -0.15) is 5.10 Å². The zero-order chi connectivity index (χ0) is 14.9. The molecule has 1 fully saturated rings. The number of fused-ring (bicyclic) bond motifs is 1. The Bertz CT molecular complexity index is 660. The summed E-state index contributed by atoms with van der Waals surface area (Å²) in [5.41, 5.74) is 3.21. The lowest BCUT2D eigenvalue weighted by atomic mass is 9.83. The van der Waals surface area contributed by atoms with Crippen molar-refractivity contribution in [3.63, 3.8) is 0 Å². The lowest BCUT2D eigenvalue weighted by Crippen LogP contribution is -2.15. The molecule has 0 radical (unpaired) electrons. The van der Waals surface area contributed by atoms with Gasteiger partial charge in [-0.3, -0.25) is 0 Å². The highest BCUT2D eigenvalue weighted by Gasteiger charge is 2.25. The molecule has 3 heterocycles. The van der Waals surface area contributed by atoms with Crippen LogP contribution in [0.1, 0.15) is 49.3 Å². The quantitative estimate of drug-likeness (QED) is 0.914. The monoisotopic (exact) mass is 298 g/mol. The van der Waals surface area contributed by atoms with Crippen molar-refractivity contribution >= 4 is 5.82 Å². The SMILES string of the molecule is OC(c1cnn(-c2ccnc3c2CCN3)c1)C1CCCCC1. The summed E-state index contributed by atoms with van der Waals surface area (Å²) in [5.74, 6) is 1.35. The smallest absolute Gasteiger partial charge is 0.131 e. The molecule has 2 aromatic rings. The molecule has 5 nitrogen and oxygen atoms in total. The van der Waals surface area contributed by atoms with E-state index in [0.29, 0.717) is 5.92 Å². The van der Waals surface area contributed by atoms with Crippen molar-refractivity contribution in [3.05, 3.63) is 35.8 Å². The average Bonchev–Trinajstić information content (AvgIpc) is 3.24. The van der Waals surface area contributed by atoms with E-state index in [2.05, 4.69) is 15.4 Å². The Hall–Kier alpha value is -1.88. The van der Waals surface area contributed by atoms with Crippen LogP contribution < -0.4 is 5.32 Å². The molecule has 0 aromatic carbocycles. The molecule has 0 spiro atoms. The Balaban J connectivity index is 1.60. The van der Waals surface area contributed by atoms with Crippen LogP contribution in [0.3, 0.4) is 0 Å². The highest BCUT2D eigenvalue weighted by molar-refractivity contribution is 5.58. The second-order valence-electron chi connectivity index (χ2n) is 6.40. The Labute approximate surface area is 130 Å². The van der Waals surface area contributed by atoms with Crippen LogP contribution in [0.25, 0.3) is 5.69 Å². The minimum Gasteiger partial charge on any atom is -0.388 e. The average molecular weight is 298 g/mol. The number of nitrogens with one attached hydrogen (secondary N) is 1. The number of hydrogen-bond donors (Lipinski definition) is 2. The van der Waals surface area contributed by atoms with E-state index in [1.54, 1.807) is 0 Å². The summed E-state index contributed by atoms with van der Waals surface area (Å²) in [6.07, 6.45) is 12.2. The highest BCUT2D eigenvalue weighted by atomic mass is 16.3. The molecule has 1 atom stereocenters. The number of aliphatic hydroxyl groups excluding tert-OH is 1. The fourth-order valence-electron chi connectivity index (χ4n) is 3.74. The van der Waals surface area contributed by atoms with E-state index in [0.717, 1.165) is 42.9 Å². The molecular weight excluding hydrogens is 276 g/mol. The van der Waals surface area contributed by atoms with Gasteiger partial charge in [0.05, 0.1) is 18.0 Å². The van der Waals surface area contributed by atoms with Crippen LogP contribution in [0, 0.1) is 5.92 Å². The van der Waals surface area contributed by atoms with Gasteiger partial charge in [0, 0.05) is 30.1 Å². The standard InChI is InChI=1S/C17H22N4O/c22-16(12-4-2-1-3-5-12)13-10-20-21(11-13)15-7-9-19-17-14(15)6-8-18-17/h7,9-12,16,22H,1-6,8H2,(H,18,19). The van der Waals surface area contributed by atoms with E-state index < -0.39 is 0 Å². The molecule has 0 bridgehead atoms. The summed E-state index contributed by atoms with van der Waals surface area (Å²) < 4.78 is 1.88. The number of aromatic nitrogens is 3. The van der Waals surface area contributed by atoms with Gasteiger partial charge in [0.25, 0.3) is 0 Å². The van der Waals surface area contributed by atoms with Gasteiger partial charge in [-0.05, 0) is 31.2 Å². The third kappa shape index (κ3) is 2.39. The van der Waals surface area contributed by atoms with Crippen LogP contribution in [-0.2, 0) is 6.42 Å². The third-order valence-corrected chi connectivity index (χ3v) is 4.99. The first-order chi connectivity index (χ1) is 10.8. The summed E-state index contributed by atoms with van der Waals surface area (Å²) in [4.78, 5) is 4.36. The first kappa shape index (κ1) is 13.8. The molecule has 1 aliphatic carbocycles. The number of rotatable bonds is 3. The molecule has 4 rings (SSSR count). The van der Waals surface area contributed by atoms with Crippen molar-refractivity contribution in [2.45, 2.75) is 44.6 Å². The topological polar surface area (TPSA) is 63.0 Å². The van der Waals surface area contributed by atoms with Crippen molar-refractivity contribution in [1.29, 1.82) is 0 Å². The van der Waals surface area contributed by atoms with Crippen LogP contribution in [0.5, 0.6) is 0 Å². The van der Waals surface area contributed by atoms with E-state index in [1.807, 2.05) is 29.3 Å². The van der Waals surface area contributed by atoms with Crippen LogP contribution in [0.2, 0.25) is 0 Å². The molecule has 1 unspecified atom stereocenters. The summed E-state index contributed by atoms with van der Waals surface area (Å²) in [5, 5.41) is 18.4. The van der Waals surface area contributed by atoms with Crippen LogP contribution in [0.4, 0.5) is 5.82 Å². The summed E-state index contributed by atoms with van der Waals surface area (Å²) in [6, 6.07) is 2.00. The predicted molar refractivity (Wildman–Crippen MR) is 85.1 cm³/mol. The minimum absolute atomic E-state index is 0.385. The van der Waals surface area contributed by atoms with Gasteiger partial charge in [0.1, 0.15) is 5.82 Å². The number of anilines is 1. The lowest BCUT2D eigenvalue weighted by Gasteiger charge is -2.25. The largest absolute Gasteiger partial charge is 0.388 e. The van der Waals surface area contributed by atoms with E-state index in [4.69, 9.17) is 0 Å². The highest BCUT2D eigenvalue weighted by Crippen LogP contribution is 2.34. The first-order valence-corrected chi connectivity index (χ1v) is 8.27. The molecule has 2 aromatic heterocycles. The summed E-state index contributed by atoms with van der Waals surface area (Å²) in [7, 11) is 0. The summed E-state index contributed by atoms with van der Waals surface area (Å²) >= 11 is 0. The molecule has 5 heteroatoms. The first-order valence-electron chi connectivity index (χ1n) is 8.27. The second kappa shape index (κ2) is 5.72. The maximum atomic E-state index is 10.6. The number of pyridine rings is 1. The fraction of sp³-hybridized carbons (Fsp3) is 0.529. The van der Waals surface area contributed by atoms with E-state index in [1.165, 1.54) is 24.8 Å². The van der Waals surface area contributed by atoms with Crippen molar-refractivity contribution < 1.29 is 5.11 Å². The normalized spacial score (nSPS) is 19.7. The van der Waals surface area contributed by atoms with E-state index in [-0.39, 0.29) is 6.10 Å². The van der Waals surface area contributed by atoms with Gasteiger partial charge in [-0.25, -0.2) is 9.67 Å². The molecule has 1 aliphatic heterocycles. The zero-order valence-electron chi connectivity index (χ0n) is 12.7. The Morgan fingerprint density at radius 1 is 1.27 bits per heavy atom. The Morgan fingerprint density at radius 3 is 3.00 bits per heavy atom. The van der Waals surface area contributed by atoms with Gasteiger partial charge < -0.3 is 10.4 Å². The van der Waals surface area contributed by atoms with Gasteiger partial charge in [-0.15, -0.1) is 0 Å². The second-order valence-corrected chi connectivity index (χ2v) is 6.40. The van der Waals surface area contributed by atoms with Gasteiger partial charge in [0.15, 0.2) is 0 Å². The number of aliphatic hydroxyl groups is 1. The predicted octanol–water partition coefficient (Wildman–Crippen LogP) is 2.85. The lowest BCUT2D eigenvalue weighted by molar-refractivity contribution is 0.0848. The van der Waals surface area contributed by atoms with Crippen molar-refractivity contribution in [1.82, 2.24) is 14.8 Å². The van der Waals surface area contributed by atoms with Crippen LogP contribution in [0.15, 0.2) is 24.7 Å². The molecule has 116 valence electrons. The van der Waals surface area contributed by atoms with E-state index in [9.17, 15) is 5.11 Å². The van der Waals surface area contributed by atoms with Crippen molar-refractivity contribution in [2.75, 3.05) is 11.9 Å². The van der Waals surface area contributed by atoms with Gasteiger partial charge >= 0.3 is 0 Å². The van der Waals surface area contributed by atoms with Crippen LogP contribution >= 0.6 is 0 Å². The third-order valence-electron chi connectivity index (χ3n) is 4.99. The molecular formula is C17H22N4O. The molecule has 2 N–H and O–H groups in total. The molecule has 0 saturated heterocycles. The molecule has 2 aliphatic rings. The van der Waals surface area contributed by atoms with Gasteiger partial charge in [0.2, 0.25) is 0 Å².